The molecule has 0 atom stereocenters. The monoisotopic (exact) mass is 321 g/mol. The first kappa shape index (κ1) is 16.0. The van der Waals surface area contributed by atoms with Gasteiger partial charge in [0.2, 0.25) is 0 Å². The van der Waals surface area contributed by atoms with Crippen LogP contribution in [0.25, 0.3) is 6.08 Å². The number of carbonyl (C=O) groups is 1. The number of esters is 1. The maximum atomic E-state index is 12.0. The van der Waals surface area contributed by atoms with Crippen molar-refractivity contribution in [3.05, 3.63) is 70.9 Å². The molecule has 122 valence electrons. The van der Waals surface area contributed by atoms with Gasteiger partial charge in [0.05, 0.1) is 7.11 Å². The molecule has 2 aromatic rings. The Hall–Kier alpha value is -2.88. The second-order valence-electron chi connectivity index (χ2n) is 5.63. The number of cyclic esters (lactones) is 1. The van der Waals surface area contributed by atoms with Gasteiger partial charge in [-0.25, -0.2) is 9.79 Å². The van der Waals surface area contributed by atoms with Gasteiger partial charge in [-0.15, -0.1) is 0 Å². The summed E-state index contributed by atoms with van der Waals surface area (Å²) >= 11 is 0. The zero-order chi connectivity index (χ0) is 16.9. The van der Waals surface area contributed by atoms with Crippen molar-refractivity contribution >= 4 is 17.9 Å². The normalized spacial score (nSPS) is 15.3. The third-order valence-corrected chi connectivity index (χ3v) is 3.91. The summed E-state index contributed by atoms with van der Waals surface area (Å²) in [5, 5.41) is 0. The van der Waals surface area contributed by atoms with Crippen LogP contribution in [-0.4, -0.2) is 19.0 Å². The molecule has 0 radical (unpaired) electrons. The average molecular weight is 321 g/mol. The van der Waals surface area contributed by atoms with Crippen molar-refractivity contribution in [3.8, 4) is 5.75 Å². The van der Waals surface area contributed by atoms with E-state index in [0.29, 0.717) is 18.0 Å². The number of nitrogens with zero attached hydrogens (tertiary/aromatic N) is 1. The first-order chi connectivity index (χ1) is 11.7. The van der Waals surface area contributed by atoms with Gasteiger partial charge in [0.25, 0.3) is 0 Å². The Balaban J connectivity index is 1.71. The average Bonchev–Trinajstić information content (AvgIpc) is 2.95. The van der Waals surface area contributed by atoms with Crippen LogP contribution in [0.5, 0.6) is 5.75 Å². The van der Waals surface area contributed by atoms with E-state index in [1.54, 1.807) is 13.2 Å². The Morgan fingerprint density at radius 1 is 1.12 bits per heavy atom. The van der Waals surface area contributed by atoms with Gasteiger partial charge < -0.3 is 9.47 Å². The number of carbonyl (C=O) groups excluding carboxylic acids is 1. The molecule has 0 saturated heterocycles. The molecular formula is C20H19NO3. The quantitative estimate of drug-likeness (QED) is 0.619. The molecule has 0 bridgehead atoms. The summed E-state index contributed by atoms with van der Waals surface area (Å²) in [6.07, 6.45) is 3.08. The smallest absolute Gasteiger partial charge is 0.363 e. The second kappa shape index (κ2) is 7.13. The van der Waals surface area contributed by atoms with Crippen molar-refractivity contribution in [2.45, 2.75) is 19.8 Å². The molecule has 0 spiro atoms. The van der Waals surface area contributed by atoms with Crippen LogP contribution in [0.4, 0.5) is 0 Å². The minimum atomic E-state index is -0.390. The first-order valence-corrected chi connectivity index (χ1v) is 7.86. The number of benzene rings is 2. The summed E-state index contributed by atoms with van der Waals surface area (Å²) in [6.45, 7) is 2.00. The van der Waals surface area contributed by atoms with E-state index in [4.69, 9.17) is 9.47 Å². The molecule has 1 heterocycles. The van der Waals surface area contributed by atoms with Crippen molar-refractivity contribution in [3.63, 3.8) is 0 Å². The molecule has 1 aliphatic rings. The molecule has 4 nitrogen and oxygen atoms in total. The van der Waals surface area contributed by atoms with E-state index in [0.717, 1.165) is 28.9 Å². The van der Waals surface area contributed by atoms with Crippen molar-refractivity contribution < 1.29 is 14.3 Å². The number of aliphatic imine (C=N–C) groups is 1. The van der Waals surface area contributed by atoms with Gasteiger partial charge in [-0.2, -0.15) is 0 Å². The van der Waals surface area contributed by atoms with Crippen molar-refractivity contribution in [2.24, 2.45) is 4.99 Å². The van der Waals surface area contributed by atoms with Crippen LogP contribution in [0.1, 0.15) is 23.1 Å². The first-order valence-electron chi connectivity index (χ1n) is 7.86. The lowest BCUT2D eigenvalue weighted by atomic mass is 10.1. The lowest BCUT2D eigenvalue weighted by Gasteiger charge is -2.03. The second-order valence-corrected chi connectivity index (χ2v) is 5.63. The highest BCUT2D eigenvalue weighted by molar-refractivity contribution is 6.07. The fourth-order valence-electron chi connectivity index (χ4n) is 2.54. The SMILES string of the molecule is COc1cccc(CCC2=N/C(=C\c3ccccc3C)C(=O)O2)c1. The molecule has 0 N–H and O–H groups in total. The lowest BCUT2D eigenvalue weighted by Crippen LogP contribution is -2.05. The predicted octanol–water partition coefficient (Wildman–Crippen LogP) is 3.93. The molecule has 1 aliphatic heterocycles. The lowest BCUT2D eigenvalue weighted by molar-refractivity contribution is -0.130. The van der Waals surface area contributed by atoms with Crippen LogP contribution < -0.4 is 4.74 Å². The summed E-state index contributed by atoms with van der Waals surface area (Å²) in [5.41, 5.74) is 3.54. The fraction of sp³-hybridized carbons (Fsp3) is 0.200. The Morgan fingerprint density at radius 3 is 2.75 bits per heavy atom. The van der Waals surface area contributed by atoms with Crippen molar-refractivity contribution in [2.75, 3.05) is 7.11 Å². The van der Waals surface area contributed by atoms with Gasteiger partial charge in [-0.3, -0.25) is 0 Å². The summed E-state index contributed by atoms with van der Waals surface area (Å²) < 4.78 is 10.5. The molecule has 24 heavy (non-hydrogen) atoms. The molecule has 0 aromatic heterocycles. The van der Waals surface area contributed by atoms with Crippen LogP contribution in [0.3, 0.4) is 0 Å². The molecular weight excluding hydrogens is 302 g/mol. The zero-order valence-corrected chi connectivity index (χ0v) is 13.8. The third-order valence-electron chi connectivity index (χ3n) is 3.91. The van der Waals surface area contributed by atoms with Crippen molar-refractivity contribution in [1.29, 1.82) is 0 Å². The van der Waals surface area contributed by atoms with Gasteiger partial charge >= 0.3 is 5.97 Å². The molecule has 4 heteroatoms. The van der Waals surface area contributed by atoms with Crippen LogP contribution in [0.2, 0.25) is 0 Å². The van der Waals surface area contributed by atoms with E-state index in [9.17, 15) is 4.79 Å². The summed E-state index contributed by atoms with van der Waals surface area (Å²) in [7, 11) is 1.64. The highest BCUT2D eigenvalue weighted by atomic mass is 16.6. The predicted molar refractivity (Wildman–Crippen MR) is 94.0 cm³/mol. The Kier molecular flexibility index (Phi) is 4.75. The van der Waals surface area contributed by atoms with E-state index in [1.807, 2.05) is 55.5 Å². The third kappa shape index (κ3) is 3.71. The van der Waals surface area contributed by atoms with Gasteiger partial charge in [0.15, 0.2) is 11.6 Å². The number of hydrogen-bond donors (Lipinski definition) is 0. The Bertz CT molecular complexity index is 821. The molecule has 0 fully saturated rings. The van der Waals surface area contributed by atoms with Crippen LogP contribution in [-0.2, 0) is 16.0 Å². The number of ether oxygens (including phenoxy) is 2. The fourth-order valence-corrected chi connectivity index (χ4v) is 2.54. The van der Waals surface area contributed by atoms with E-state index in [1.165, 1.54) is 0 Å². The van der Waals surface area contributed by atoms with Crippen LogP contribution in [0, 0.1) is 6.92 Å². The molecule has 0 aliphatic carbocycles. The minimum Gasteiger partial charge on any atom is -0.497 e. The Morgan fingerprint density at radius 2 is 1.96 bits per heavy atom. The van der Waals surface area contributed by atoms with E-state index < -0.39 is 0 Å². The van der Waals surface area contributed by atoms with Crippen LogP contribution >= 0.6 is 0 Å². The molecule has 0 saturated carbocycles. The van der Waals surface area contributed by atoms with Crippen LogP contribution in [0.15, 0.2) is 59.2 Å². The standard InChI is InChI=1S/C20H19NO3/c1-14-6-3-4-8-16(14)13-18-20(22)24-19(21-18)11-10-15-7-5-9-17(12-15)23-2/h3-9,12-13H,10-11H2,1-2H3/b18-13-. The van der Waals surface area contributed by atoms with Gasteiger partial charge in [-0.1, -0.05) is 36.4 Å². The minimum absolute atomic E-state index is 0.352. The largest absolute Gasteiger partial charge is 0.497 e. The van der Waals surface area contributed by atoms with Crippen molar-refractivity contribution in [1.82, 2.24) is 0 Å². The number of rotatable bonds is 5. The molecule has 2 aromatic carbocycles. The molecule has 3 rings (SSSR count). The van der Waals surface area contributed by atoms with E-state index in [2.05, 4.69) is 4.99 Å². The number of hydrogen-bond acceptors (Lipinski definition) is 4. The maximum absolute atomic E-state index is 12.0. The highest BCUT2D eigenvalue weighted by Crippen LogP contribution is 2.20. The molecule has 0 unspecified atom stereocenters. The topological polar surface area (TPSA) is 47.9 Å². The number of aryl methyl sites for hydroxylation is 2. The Labute approximate surface area is 141 Å². The van der Waals surface area contributed by atoms with E-state index in [-0.39, 0.29) is 5.97 Å². The maximum Gasteiger partial charge on any atom is 0.363 e. The molecule has 0 amide bonds. The zero-order valence-electron chi connectivity index (χ0n) is 13.8. The number of methoxy groups -OCH3 is 1. The summed E-state index contributed by atoms with van der Waals surface area (Å²) in [6, 6.07) is 15.7. The van der Waals surface area contributed by atoms with Gasteiger partial charge in [0.1, 0.15) is 5.75 Å². The van der Waals surface area contributed by atoms with Gasteiger partial charge in [-0.05, 0) is 48.2 Å². The summed E-state index contributed by atoms with van der Waals surface area (Å²) in [4.78, 5) is 16.3. The van der Waals surface area contributed by atoms with Gasteiger partial charge in [0, 0.05) is 6.42 Å². The summed E-state index contributed by atoms with van der Waals surface area (Å²) in [5.74, 6) is 0.888. The highest BCUT2D eigenvalue weighted by Gasteiger charge is 2.22. The van der Waals surface area contributed by atoms with E-state index >= 15 is 0 Å².